The molecule has 1 amide bonds. The number of hydrogen-bond acceptors (Lipinski definition) is 5. The van der Waals surface area contributed by atoms with Crippen molar-refractivity contribution in [2.24, 2.45) is 0 Å². The summed E-state index contributed by atoms with van der Waals surface area (Å²) in [4.78, 5) is 14.6. The van der Waals surface area contributed by atoms with E-state index in [-0.39, 0.29) is 17.6 Å². The van der Waals surface area contributed by atoms with E-state index in [2.05, 4.69) is 20.4 Å². The molecule has 1 aliphatic rings. The van der Waals surface area contributed by atoms with Gasteiger partial charge >= 0.3 is 11.8 Å². The summed E-state index contributed by atoms with van der Waals surface area (Å²) in [6.07, 6.45) is 2.43. The van der Waals surface area contributed by atoms with Gasteiger partial charge in [-0.1, -0.05) is 0 Å². The van der Waals surface area contributed by atoms with Crippen molar-refractivity contribution in [3.05, 3.63) is 60.2 Å². The predicted octanol–water partition coefficient (Wildman–Crippen LogP) is 3.73. The fraction of sp³-hybridized carbons (Fsp3) is 0.211. The van der Waals surface area contributed by atoms with Crippen molar-refractivity contribution in [3.8, 4) is 11.5 Å². The Morgan fingerprint density at radius 1 is 1.00 bits per heavy atom. The molecular weight excluding hydrogens is 335 g/mol. The van der Waals surface area contributed by atoms with Crippen LogP contribution in [0.15, 0.2) is 52.9 Å². The number of nitrogens with one attached hydrogen (secondary N) is 1. The second kappa shape index (κ2) is 6.95. The second-order valence-electron chi connectivity index (χ2n) is 6.11. The van der Waals surface area contributed by atoms with Crippen LogP contribution in [0.5, 0.6) is 0 Å². The molecule has 4 rings (SSSR count). The second-order valence-corrected chi connectivity index (χ2v) is 6.11. The molecule has 0 unspecified atom stereocenters. The number of halogens is 1. The van der Waals surface area contributed by atoms with Crippen molar-refractivity contribution < 1.29 is 13.6 Å². The number of anilines is 2. The maximum Gasteiger partial charge on any atom is 0.313 e. The van der Waals surface area contributed by atoms with E-state index in [9.17, 15) is 9.18 Å². The normalized spacial score (nSPS) is 13.8. The summed E-state index contributed by atoms with van der Waals surface area (Å²) >= 11 is 0. The topological polar surface area (TPSA) is 71.3 Å². The lowest BCUT2D eigenvalue weighted by Gasteiger charge is -2.17. The molecule has 0 atom stereocenters. The standard InChI is InChI=1S/C19H17FN4O2/c20-14-5-3-13(4-6-14)18-22-23-19(26-18)17(25)21-15-7-9-16(10-8-15)24-11-1-2-12-24/h3-10H,1-2,11-12H2,(H,21,25). The van der Waals surface area contributed by atoms with Crippen molar-refractivity contribution in [2.75, 3.05) is 23.3 Å². The lowest BCUT2D eigenvalue weighted by molar-refractivity contribution is 0.0991. The molecule has 0 bridgehead atoms. The van der Waals surface area contributed by atoms with E-state index in [1.807, 2.05) is 24.3 Å². The quantitative estimate of drug-likeness (QED) is 0.775. The summed E-state index contributed by atoms with van der Waals surface area (Å²) in [6, 6.07) is 13.3. The van der Waals surface area contributed by atoms with Gasteiger partial charge in [-0.15, -0.1) is 10.2 Å². The van der Waals surface area contributed by atoms with Crippen molar-refractivity contribution >= 4 is 17.3 Å². The molecule has 1 aromatic heterocycles. The van der Waals surface area contributed by atoms with E-state index in [0.29, 0.717) is 11.3 Å². The third-order valence-corrected chi connectivity index (χ3v) is 4.31. The predicted molar refractivity (Wildman–Crippen MR) is 95.5 cm³/mol. The Morgan fingerprint density at radius 3 is 2.38 bits per heavy atom. The van der Waals surface area contributed by atoms with Crippen molar-refractivity contribution in [2.45, 2.75) is 12.8 Å². The van der Waals surface area contributed by atoms with Crippen LogP contribution in [-0.4, -0.2) is 29.2 Å². The van der Waals surface area contributed by atoms with Gasteiger partial charge in [0.05, 0.1) is 0 Å². The molecule has 1 saturated heterocycles. The van der Waals surface area contributed by atoms with E-state index in [1.165, 1.54) is 37.1 Å². The molecule has 7 heteroatoms. The maximum absolute atomic E-state index is 13.0. The highest BCUT2D eigenvalue weighted by atomic mass is 19.1. The molecule has 1 fully saturated rings. The average Bonchev–Trinajstić information content (AvgIpc) is 3.35. The third kappa shape index (κ3) is 3.42. The molecule has 0 aliphatic carbocycles. The SMILES string of the molecule is O=C(Nc1ccc(N2CCCC2)cc1)c1nnc(-c2ccc(F)cc2)o1. The van der Waals surface area contributed by atoms with E-state index in [4.69, 9.17) is 4.42 Å². The Morgan fingerprint density at radius 2 is 1.69 bits per heavy atom. The van der Waals surface area contributed by atoms with Crippen LogP contribution < -0.4 is 10.2 Å². The third-order valence-electron chi connectivity index (χ3n) is 4.31. The van der Waals surface area contributed by atoms with Gasteiger partial charge in [-0.05, 0) is 61.4 Å². The molecule has 2 heterocycles. The summed E-state index contributed by atoms with van der Waals surface area (Å²) in [6.45, 7) is 2.14. The van der Waals surface area contributed by atoms with Crippen LogP contribution in [-0.2, 0) is 0 Å². The fourth-order valence-corrected chi connectivity index (χ4v) is 2.94. The largest absolute Gasteiger partial charge is 0.412 e. The highest BCUT2D eigenvalue weighted by molar-refractivity contribution is 6.01. The molecular formula is C19H17FN4O2. The Hall–Kier alpha value is -3.22. The number of carbonyl (C=O) groups excluding carboxylic acids is 1. The van der Waals surface area contributed by atoms with E-state index < -0.39 is 5.91 Å². The maximum atomic E-state index is 13.0. The minimum atomic E-state index is -0.486. The molecule has 6 nitrogen and oxygen atoms in total. The van der Waals surface area contributed by atoms with E-state index >= 15 is 0 Å². The molecule has 0 radical (unpaired) electrons. The molecule has 0 saturated carbocycles. The minimum absolute atomic E-state index is 0.145. The lowest BCUT2D eigenvalue weighted by atomic mass is 10.2. The number of amides is 1. The van der Waals surface area contributed by atoms with Gasteiger partial charge in [-0.3, -0.25) is 4.79 Å². The number of rotatable bonds is 4. The zero-order valence-electron chi connectivity index (χ0n) is 14.0. The van der Waals surface area contributed by atoms with Crippen molar-refractivity contribution in [3.63, 3.8) is 0 Å². The highest BCUT2D eigenvalue weighted by Gasteiger charge is 2.17. The van der Waals surface area contributed by atoms with Gasteiger partial charge in [-0.25, -0.2) is 4.39 Å². The van der Waals surface area contributed by atoms with Crippen LogP contribution in [0.1, 0.15) is 23.5 Å². The van der Waals surface area contributed by atoms with Crippen LogP contribution in [0.25, 0.3) is 11.5 Å². The Bertz CT molecular complexity index is 900. The number of benzene rings is 2. The summed E-state index contributed by atoms with van der Waals surface area (Å²) < 4.78 is 18.4. The van der Waals surface area contributed by atoms with Crippen LogP contribution in [0.4, 0.5) is 15.8 Å². The first-order chi connectivity index (χ1) is 12.7. The lowest BCUT2D eigenvalue weighted by Crippen LogP contribution is -2.17. The Labute approximate surface area is 149 Å². The fourth-order valence-electron chi connectivity index (χ4n) is 2.94. The van der Waals surface area contributed by atoms with Gasteiger partial charge in [0.15, 0.2) is 0 Å². The van der Waals surface area contributed by atoms with Gasteiger partial charge in [0.25, 0.3) is 0 Å². The zero-order chi connectivity index (χ0) is 17.9. The molecule has 1 aliphatic heterocycles. The molecule has 1 N–H and O–H groups in total. The summed E-state index contributed by atoms with van der Waals surface area (Å²) in [7, 11) is 0. The van der Waals surface area contributed by atoms with Gasteiger partial charge in [0.2, 0.25) is 5.89 Å². The monoisotopic (exact) mass is 352 g/mol. The highest BCUT2D eigenvalue weighted by Crippen LogP contribution is 2.23. The number of hydrogen-bond donors (Lipinski definition) is 1. The van der Waals surface area contributed by atoms with Gasteiger partial charge in [0, 0.05) is 30.0 Å². The van der Waals surface area contributed by atoms with Gasteiger partial charge < -0.3 is 14.6 Å². The molecule has 2 aromatic carbocycles. The van der Waals surface area contributed by atoms with Crippen LogP contribution >= 0.6 is 0 Å². The van der Waals surface area contributed by atoms with Gasteiger partial charge in [0.1, 0.15) is 5.82 Å². The number of carbonyl (C=O) groups is 1. The first-order valence-electron chi connectivity index (χ1n) is 8.45. The number of nitrogens with zero attached hydrogens (tertiary/aromatic N) is 3. The van der Waals surface area contributed by atoms with Crippen molar-refractivity contribution in [1.29, 1.82) is 0 Å². The first kappa shape index (κ1) is 16.3. The number of aromatic nitrogens is 2. The van der Waals surface area contributed by atoms with Gasteiger partial charge in [-0.2, -0.15) is 0 Å². The van der Waals surface area contributed by atoms with E-state index in [0.717, 1.165) is 18.8 Å². The van der Waals surface area contributed by atoms with E-state index in [1.54, 1.807) is 0 Å². The van der Waals surface area contributed by atoms with Crippen LogP contribution in [0.3, 0.4) is 0 Å². The smallest absolute Gasteiger partial charge is 0.313 e. The molecule has 3 aromatic rings. The van der Waals surface area contributed by atoms with Crippen molar-refractivity contribution in [1.82, 2.24) is 10.2 Å². The summed E-state index contributed by atoms with van der Waals surface area (Å²) in [5, 5.41) is 10.3. The average molecular weight is 352 g/mol. The van der Waals surface area contributed by atoms with Crippen LogP contribution in [0.2, 0.25) is 0 Å². The molecule has 132 valence electrons. The first-order valence-corrected chi connectivity index (χ1v) is 8.45. The Balaban J connectivity index is 1.44. The summed E-state index contributed by atoms with van der Waals surface area (Å²) in [5.41, 5.74) is 2.35. The molecule has 26 heavy (non-hydrogen) atoms. The zero-order valence-corrected chi connectivity index (χ0v) is 14.0. The minimum Gasteiger partial charge on any atom is -0.412 e. The molecule has 0 spiro atoms. The summed E-state index contributed by atoms with van der Waals surface area (Å²) in [5.74, 6) is -0.823. The van der Waals surface area contributed by atoms with Crippen LogP contribution in [0, 0.1) is 5.82 Å². The Kier molecular flexibility index (Phi) is 4.35.